The summed E-state index contributed by atoms with van der Waals surface area (Å²) in [6, 6.07) is 0. The van der Waals surface area contributed by atoms with E-state index in [-0.39, 0.29) is 0 Å². The van der Waals surface area contributed by atoms with Gasteiger partial charge in [0.1, 0.15) is 0 Å². The van der Waals surface area contributed by atoms with Crippen LogP contribution in [0.1, 0.15) is 13.3 Å². The van der Waals surface area contributed by atoms with Gasteiger partial charge in [-0.2, -0.15) is 0 Å². The van der Waals surface area contributed by atoms with E-state index in [1.165, 1.54) is 5.70 Å². The van der Waals surface area contributed by atoms with E-state index in [2.05, 4.69) is 24.5 Å². The molecular formula is C10H17NO. The first-order valence-corrected chi connectivity index (χ1v) is 4.53. The lowest BCUT2D eigenvalue weighted by Crippen LogP contribution is -2.35. The van der Waals surface area contributed by atoms with Crippen LogP contribution in [-0.2, 0) is 4.74 Å². The van der Waals surface area contributed by atoms with Crippen LogP contribution < -0.4 is 0 Å². The highest BCUT2D eigenvalue weighted by molar-refractivity contribution is 5.15. The van der Waals surface area contributed by atoms with Crippen molar-refractivity contribution in [3.05, 3.63) is 24.4 Å². The minimum absolute atomic E-state index is 0.842. The number of nitrogens with zero attached hydrogens (tertiary/aromatic N) is 1. The Morgan fingerprint density at radius 3 is 2.67 bits per heavy atom. The summed E-state index contributed by atoms with van der Waals surface area (Å²) in [5.41, 5.74) is 1.25. The van der Waals surface area contributed by atoms with E-state index in [0.29, 0.717) is 0 Å². The van der Waals surface area contributed by atoms with Crippen LogP contribution in [-0.4, -0.2) is 31.2 Å². The van der Waals surface area contributed by atoms with Crippen LogP contribution in [0.2, 0.25) is 0 Å². The summed E-state index contributed by atoms with van der Waals surface area (Å²) in [5, 5.41) is 0. The first-order chi connectivity index (χ1) is 5.88. The fourth-order valence-corrected chi connectivity index (χ4v) is 1.37. The molecule has 1 aliphatic heterocycles. The summed E-state index contributed by atoms with van der Waals surface area (Å²) in [4.78, 5) is 2.32. The van der Waals surface area contributed by atoms with Crippen molar-refractivity contribution >= 4 is 0 Å². The van der Waals surface area contributed by atoms with Gasteiger partial charge in [0.05, 0.1) is 13.2 Å². The van der Waals surface area contributed by atoms with Crippen LogP contribution in [0.3, 0.4) is 0 Å². The van der Waals surface area contributed by atoms with Crippen molar-refractivity contribution in [2.24, 2.45) is 0 Å². The third-order valence-corrected chi connectivity index (χ3v) is 2.00. The Bertz CT molecular complexity index is 169. The predicted octanol–water partition coefficient (Wildman–Crippen LogP) is 1.80. The Hall–Kier alpha value is -0.760. The molecule has 0 bridgehead atoms. The maximum absolute atomic E-state index is 5.27. The molecule has 1 rings (SSSR count). The fraction of sp³-hybridized carbons (Fsp3) is 0.600. The molecule has 0 amide bonds. The number of allylic oxidation sites excluding steroid dienone is 2. The molecule has 0 spiro atoms. The highest BCUT2D eigenvalue weighted by Crippen LogP contribution is 2.08. The maximum atomic E-state index is 5.27. The summed E-state index contributed by atoms with van der Waals surface area (Å²) >= 11 is 0. The lowest BCUT2D eigenvalue weighted by atomic mass is 10.3. The zero-order chi connectivity index (χ0) is 8.81. The highest BCUT2D eigenvalue weighted by Gasteiger charge is 2.10. The Labute approximate surface area is 74.5 Å². The quantitative estimate of drug-likeness (QED) is 0.594. The van der Waals surface area contributed by atoms with E-state index < -0.39 is 0 Å². The molecule has 2 heteroatoms. The molecule has 12 heavy (non-hydrogen) atoms. The van der Waals surface area contributed by atoms with Crippen molar-refractivity contribution in [2.45, 2.75) is 13.3 Å². The predicted molar refractivity (Wildman–Crippen MR) is 51.0 cm³/mol. The van der Waals surface area contributed by atoms with Gasteiger partial charge in [-0.1, -0.05) is 19.6 Å². The van der Waals surface area contributed by atoms with Crippen LogP contribution in [0.25, 0.3) is 0 Å². The standard InChI is InChI=1S/C10H17NO/c1-3-5-10(4-2)11-6-8-12-9-7-11/h4-5H,2-3,6-9H2,1H3/b10-5+. The second-order valence-electron chi connectivity index (χ2n) is 2.84. The van der Waals surface area contributed by atoms with E-state index in [4.69, 9.17) is 4.74 Å². The van der Waals surface area contributed by atoms with Gasteiger partial charge in [-0.3, -0.25) is 0 Å². The second kappa shape index (κ2) is 4.99. The second-order valence-corrected chi connectivity index (χ2v) is 2.84. The van der Waals surface area contributed by atoms with Crippen molar-refractivity contribution in [2.75, 3.05) is 26.3 Å². The molecule has 0 unspecified atom stereocenters. The Balaban J connectivity index is 2.51. The zero-order valence-electron chi connectivity index (χ0n) is 7.75. The average molecular weight is 167 g/mol. The summed E-state index contributed by atoms with van der Waals surface area (Å²) in [6.45, 7) is 9.63. The van der Waals surface area contributed by atoms with Gasteiger partial charge >= 0.3 is 0 Å². The molecule has 0 N–H and O–H groups in total. The third-order valence-electron chi connectivity index (χ3n) is 2.00. The first kappa shape index (κ1) is 9.33. The molecule has 0 aromatic heterocycles. The largest absolute Gasteiger partial charge is 0.378 e. The number of hydrogen-bond acceptors (Lipinski definition) is 2. The molecule has 0 radical (unpaired) electrons. The summed E-state index contributed by atoms with van der Waals surface area (Å²) in [7, 11) is 0. The molecule has 2 nitrogen and oxygen atoms in total. The Morgan fingerprint density at radius 1 is 1.50 bits per heavy atom. The molecule has 0 aromatic rings. The lowest BCUT2D eigenvalue weighted by Gasteiger charge is -2.29. The summed E-state index contributed by atoms with van der Waals surface area (Å²) < 4.78 is 5.27. The van der Waals surface area contributed by atoms with Gasteiger partial charge in [-0.05, 0) is 12.5 Å². The molecule has 68 valence electrons. The molecule has 1 aliphatic rings. The van der Waals surface area contributed by atoms with Gasteiger partial charge in [0.25, 0.3) is 0 Å². The highest BCUT2D eigenvalue weighted by atomic mass is 16.5. The molecule has 1 heterocycles. The number of ether oxygens (including phenoxy) is 1. The number of hydrogen-bond donors (Lipinski definition) is 0. The van der Waals surface area contributed by atoms with Gasteiger partial charge in [-0.25, -0.2) is 0 Å². The van der Waals surface area contributed by atoms with Gasteiger partial charge < -0.3 is 9.64 Å². The van der Waals surface area contributed by atoms with Crippen LogP contribution in [0.4, 0.5) is 0 Å². The monoisotopic (exact) mass is 167 g/mol. The molecular weight excluding hydrogens is 150 g/mol. The van der Waals surface area contributed by atoms with Crippen molar-refractivity contribution in [3.63, 3.8) is 0 Å². The normalized spacial score (nSPS) is 19.4. The average Bonchev–Trinajstić information content (AvgIpc) is 2.15. The Morgan fingerprint density at radius 2 is 2.17 bits per heavy atom. The van der Waals surface area contributed by atoms with Gasteiger partial charge in [0.2, 0.25) is 0 Å². The third kappa shape index (κ3) is 2.38. The van der Waals surface area contributed by atoms with Crippen LogP contribution in [0, 0.1) is 0 Å². The topological polar surface area (TPSA) is 12.5 Å². The van der Waals surface area contributed by atoms with E-state index in [9.17, 15) is 0 Å². The van der Waals surface area contributed by atoms with Crippen LogP contribution in [0.15, 0.2) is 24.4 Å². The number of morpholine rings is 1. The van der Waals surface area contributed by atoms with Crippen molar-refractivity contribution < 1.29 is 4.74 Å². The van der Waals surface area contributed by atoms with E-state index in [1.54, 1.807) is 0 Å². The number of rotatable bonds is 3. The van der Waals surface area contributed by atoms with Gasteiger partial charge in [0.15, 0.2) is 0 Å². The smallest absolute Gasteiger partial charge is 0.0642 e. The van der Waals surface area contributed by atoms with Gasteiger partial charge in [0, 0.05) is 18.8 Å². The Kier molecular flexibility index (Phi) is 3.88. The lowest BCUT2D eigenvalue weighted by molar-refractivity contribution is 0.0553. The van der Waals surface area contributed by atoms with Gasteiger partial charge in [-0.15, -0.1) is 0 Å². The van der Waals surface area contributed by atoms with Crippen LogP contribution >= 0.6 is 0 Å². The van der Waals surface area contributed by atoms with Crippen molar-refractivity contribution in [1.29, 1.82) is 0 Å². The first-order valence-electron chi connectivity index (χ1n) is 4.53. The minimum Gasteiger partial charge on any atom is -0.378 e. The van der Waals surface area contributed by atoms with E-state index >= 15 is 0 Å². The fourth-order valence-electron chi connectivity index (χ4n) is 1.37. The molecule has 0 aliphatic carbocycles. The van der Waals surface area contributed by atoms with Crippen molar-refractivity contribution in [3.8, 4) is 0 Å². The molecule has 0 atom stereocenters. The molecule has 1 fully saturated rings. The van der Waals surface area contributed by atoms with E-state index in [0.717, 1.165) is 32.7 Å². The summed E-state index contributed by atoms with van der Waals surface area (Å²) in [6.07, 6.45) is 5.20. The van der Waals surface area contributed by atoms with E-state index in [1.807, 2.05) is 6.08 Å². The summed E-state index contributed by atoms with van der Waals surface area (Å²) in [5.74, 6) is 0. The van der Waals surface area contributed by atoms with Crippen molar-refractivity contribution in [1.82, 2.24) is 4.90 Å². The van der Waals surface area contributed by atoms with Crippen LogP contribution in [0.5, 0.6) is 0 Å². The molecule has 0 saturated carbocycles. The molecule has 0 aromatic carbocycles. The minimum atomic E-state index is 0.842. The SMILES string of the molecule is C=C/C(=C\CC)N1CCOCC1. The molecule has 1 saturated heterocycles. The zero-order valence-corrected chi connectivity index (χ0v) is 7.75. The maximum Gasteiger partial charge on any atom is 0.0642 e.